The fourth-order valence-corrected chi connectivity index (χ4v) is 2.85. The number of carbonyl (C=O) groups excluding carboxylic acids is 1. The molecular weight excluding hydrogens is 302 g/mol. The second-order valence-corrected chi connectivity index (χ2v) is 6.63. The van der Waals surface area contributed by atoms with E-state index < -0.39 is 16.0 Å². The van der Waals surface area contributed by atoms with Gasteiger partial charge in [-0.1, -0.05) is 18.2 Å². The molecule has 0 unspecified atom stereocenters. The first-order chi connectivity index (χ1) is 10.4. The molecule has 0 radical (unpaired) electrons. The number of hydrogen-bond donors (Lipinski definition) is 1. The molecule has 0 aliphatic rings. The second kappa shape index (κ2) is 6.62. The summed E-state index contributed by atoms with van der Waals surface area (Å²) >= 11 is 0. The minimum absolute atomic E-state index is 0.179. The summed E-state index contributed by atoms with van der Waals surface area (Å²) in [5.41, 5.74) is 0.751. The Bertz CT molecular complexity index is 737. The molecule has 0 atom stereocenters. The SMILES string of the molecule is CC(C)OC(=O)c1ccc(NS(=O)(=O)c2ccccc2)cc1. The summed E-state index contributed by atoms with van der Waals surface area (Å²) in [4.78, 5) is 11.9. The molecule has 0 saturated carbocycles. The highest BCUT2D eigenvalue weighted by molar-refractivity contribution is 7.92. The maximum absolute atomic E-state index is 12.2. The van der Waals surface area contributed by atoms with Gasteiger partial charge in [-0.25, -0.2) is 13.2 Å². The van der Waals surface area contributed by atoms with Crippen LogP contribution in [0.2, 0.25) is 0 Å². The molecule has 0 saturated heterocycles. The Balaban J connectivity index is 2.13. The van der Waals surface area contributed by atoms with E-state index in [1.54, 1.807) is 32.0 Å². The van der Waals surface area contributed by atoms with Crippen molar-refractivity contribution in [2.24, 2.45) is 0 Å². The molecule has 116 valence electrons. The Morgan fingerprint density at radius 1 is 1.00 bits per heavy atom. The van der Waals surface area contributed by atoms with Crippen LogP contribution < -0.4 is 4.72 Å². The third-order valence-corrected chi connectivity index (χ3v) is 4.17. The van der Waals surface area contributed by atoms with Gasteiger partial charge in [0.1, 0.15) is 0 Å². The fourth-order valence-electron chi connectivity index (χ4n) is 1.77. The van der Waals surface area contributed by atoms with Crippen molar-refractivity contribution in [3.63, 3.8) is 0 Å². The van der Waals surface area contributed by atoms with Crippen LogP contribution in [0.4, 0.5) is 5.69 Å². The Kier molecular flexibility index (Phi) is 4.82. The number of carbonyl (C=O) groups is 1. The van der Waals surface area contributed by atoms with Crippen molar-refractivity contribution in [1.82, 2.24) is 0 Å². The Labute approximate surface area is 130 Å². The Morgan fingerprint density at radius 3 is 2.14 bits per heavy atom. The number of sulfonamides is 1. The largest absolute Gasteiger partial charge is 0.459 e. The predicted molar refractivity (Wildman–Crippen MR) is 84.2 cm³/mol. The molecule has 2 rings (SSSR count). The van der Waals surface area contributed by atoms with Gasteiger partial charge < -0.3 is 4.74 Å². The highest BCUT2D eigenvalue weighted by Gasteiger charge is 2.14. The van der Waals surface area contributed by atoms with Crippen LogP contribution in [0.3, 0.4) is 0 Å². The summed E-state index contributed by atoms with van der Waals surface area (Å²) < 4.78 is 31.9. The zero-order valence-corrected chi connectivity index (χ0v) is 13.1. The van der Waals surface area contributed by atoms with Gasteiger partial charge in [-0.15, -0.1) is 0 Å². The first kappa shape index (κ1) is 16.0. The standard InChI is InChI=1S/C16H17NO4S/c1-12(2)21-16(18)13-8-10-14(11-9-13)17-22(19,20)15-6-4-3-5-7-15/h3-12,17H,1-2H3. The first-order valence-corrected chi connectivity index (χ1v) is 8.26. The average Bonchev–Trinajstić information content (AvgIpc) is 2.48. The number of esters is 1. The molecule has 0 spiro atoms. The Hall–Kier alpha value is -2.34. The van der Waals surface area contributed by atoms with Gasteiger partial charge in [0, 0.05) is 5.69 Å². The van der Waals surface area contributed by atoms with Crippen molar-refractivity contribution < 1.29 is 17.9 Å². The van der Waals surface area contributed by atoms with E-state index >= 15 is 0 Å². The van der Waals surface area contributed by atoms with Crippen LogP contribution in [0.1, 0.15) is 24.2 Å². The summed E-state index contributed by atoms with van der Waals surface area (Å²) in [6.45, 7) is 3.53. The molecule has 22 heavy (non-hydrogen) atoms. The van der Waals surface area contributed by atoms with Crippen molar-refractivity contribution in [2.45, 2.75) is 24.8 Å². The van der Waals surface area contributed by atoms with Crippen LogP contribution in [-0.2, 0) is 14.8 Å². The van der Waals surface area contributed by atoms with Crippen molar-refractivity contribution in [3.8, 4) is 0 Å². The van der Waals surface area contributed by atoms with Crippen LogP contribution >= 0.6 is 0 Å². The average molecular weight is 319 g/mol. The highest BCUT2D eigenvalue weighted by atomic mass is 32.2. The van der Waals surface area contributed by atoms with E-state index in [0.717, 1.165) is 0 Å². The number of anilines is 1. The fraction of sp³-hybridized carbons (Fsp3) is 0.188. The number of rotatable bonds is 5. The number of nitrogens with one attached hydrogen (secondary N) is 1. The normalized spacial score (nSPS) is 11.2. The lowest BCUT2D eigenvalue weighted by atomic mass is 10.2. The number of benzene rings is 2. The molecule has 0 bridgehead atoms. The highest BCUT2D eigenvalue weighted by Crippen LogP contribution is 2.17. The van der Waals surface area contributed by atoms with Gasteiger partial charge in [0.15, 0.2) is 0 Å². The maximum atomic E-state index is 12.2. The molecule has 5 nitrogen and oxygen atoms in total. The van der Waals surface area contributed by atoms with Crippen LogP contribution in [0, 0.1) is 0 Å². The summed E-state index contributed by atoms with van der Waals surface area (Å²) in [5.74, 6) is -0.438. The zero-order valence-electron chi connectivity index (χ0n) is 12.3. The molecule has 0 amide bonds. The van der Waals surface area contributed by atoms with Gasteiger partial charge in [0.25, 0.3) is 10.0 Å². The Morgan fingerprint density at radius 2 is 1.59 bits per heavy atom. The second-order valence-electron chi connectivity index (χ2n) is 4.95. The lowest BCUT2D eigenvalue weighted by molar-refractivity contribution is 0.0378. The molecular formula is C16H17NO4S. The van der Waals surface area contributed by atoms with E-state index in [-0.39, 0.29) is 11.0 Å². The predicted octanol–water partition coefficient (Wildman–Crippen LogP) is 3.05. The van der Waals surface area contributed by atoms with E-state index in [2.05, 4.69) is 4.72 Å². The van der Waals surface area contributed by atoms with Gasteiger partial charge >= 0.3 is 5.97 Å². The molecule has 0 aliphatic carbocycles. The van der Waals surface area contributed by atoms with Crippen molar-refractivity contribution in [3.05, 3.63) is 60.2 Å². The van der Waals surface area contributed by atoms with Crippen molar-refractivity contribution in [1.29, 1.82) is 0 Å². The van der Waals surface area contributed by atoms with E-state index in [4.69, 9.17) is 4.74 Å². The molecule has 0 fully saturated rings. The van der Waals surface area contributed by atoms with Gasteiger partial charge in [0.2, 0.25) is 0 Å². The number of hydrogen-bond acceptors (Lipinski definition) is 4. The zero-order chi connectivity index (χ0) is 16.2. The monoisotopic (exact) mass is 319 g/mol. The van der Waals surface area contributed by atoms with Gasteiger partial charge in [-0.2, -0.15) is 0 Å². The van der Waals surface area contributed by atoms with Gasteiger partial charge in [-0.3, -0.25) is 4.72 Å². The molecule has 0 heterocycles. The van der Waals surface area contributed by atoms with E-state index in [1.165, 1.54) is 36.4 Å². The molecule has 0 aliphatic heterocycles. The van der Waals surface area contributed by atoms with Crippen LogP contribution in [-0.4, -0.2) is 20.5 Å². The molecule has 1 N–H and O–H groups in total. The van der Waals surface area contributed by atoms with E-state index in [9.17, 15) is 13.2 Å². The van der Waals surface area contributed by atoms with E-state index in [0.29, 0.717) is 11.3 Å². The summed E-state index contributed by atoms with van der Waals surface area (Å²) in [6, 6.07) is 14.2. The quantitative estimate of drug-likeness (QED) is 0.860. The third kappa shape index (κ3) is 4.08. The smallest absolute Gasteiger partial charge is 0.338 e. The van der Waals surface area contributed by atoms with Crippen molar-refractivity contribution >= 4 is 21.7 Å². The summed E-state index contributed by atoms with van der Waals surface area (Å²) in [7, 11) is -3.63. The first-order valence-electron chi connectivity index (χ1n) is 6.77. The minimum atomic E-state index is -3.63. The minimum Gasteiger partial charge on any atom is -0.459 e. The van der Waals surface area contributed by atoms with Crippen LogP contribution in [0.5, 0.6) is 0 Å². The number of ether oxygens (including phenoxy) is 1. The van der Waals surface area contributed by atoms with Gasteiger partial charge in [-0.05, 0) is 50.2 Å². The van der Waals surface area contributed by atoms with Crippen LogP contribution in [0.25, 0.3) is 0 Å². The summed E-state index contributed by atoms with van der Waals surface area (Å²) in [5, 5.41) is 0. The van der Waals surface area contributed by atoms with E-state index in [1.807, 2.05) is 0 Å². The third-order valence-electron chi connectivity index (χ3n) is 2.77. The van der Waals surface area contributed by atoms with Crippen molar-refractivity contribution in [2.75, 3.05) is 4.72 Å². The van der Waals surface area contributed by atoms with Gasteiger partial charge in [0.05, 0.1) is 16.6 Å². The molecule has 2 aromatic rings. The lowest BCUT2D eigenvalue weighted by Crippen LogP contribution is -2.14. The molecule has 0 aromatic heterocycles. The maximum Gasteiger partial charge on any atom is 0.338 e. The lowest BCUT2D eigenvalue weighted by Gasteiger charge is -2.10. The summed E-state index contributed by atoms with van der Waals surface area (Å²) in [6.07, 6.45) is -0.205. The topological polar surface area (TPSA) is 72.5 Å². The molecule has 6 heteroatoms. The van der Waals surface area contributed by atoms with Crippen LogP contribution in [0.15, 0.2) is 59.5 Å². The molecule has 2 aromatic carbocycles.